The molecule has 3 heterocycles. The Morgan fingerprint density at radius 1 is 1.26 bits per heavy atom. The van der Waals surface area contributed by atoms with Gasteiger partial charge in [-0.3, -0.25) is 0 Å². The summed E-state index contributed by atoms with van der Waals surface area (Å²) in [5.74, 6) is 0.793. The zero-order valence-electron chi connectivity index (χ0n) is 15.4. The fourth-order valence-corrected chi connectivity index (χ4v) is 6.28. The molecule has 0 spiro atoms. The van der Waals surface area contributed by atoms with E-state index in [1.165, 1.54) is 17.7 Å². The van der Waals surface area contributed by atoms with E-state index in [0.717, 1.165) is 49.1 Å². The predicted molar refractivity (Wildman–Crippen MR) is 108 cm³/mol. The first-order chi connectivity index (χ1) is 13.1. The van der Waals surface area contributed by atoms with Gasteiger partial charge in [-0.15, -0.1) is 11.3 Å². The predicted octanol–water partition coefficient (Wildman–Crippen LogP) is 3.26. The maximum absolute atomic E-state index is 12.8. The van der Waals surface area contributed by atoms with Crippen LogP contribution < -0.4 is 10.1 Å². The molecular weight excluding hydrogens is 380 g/mol. The summed E-state index contributed by atoms with van der Waals surface area (Å²) < 4.78 is 33.2. The van der Waals surface area contributed by atoms with E-state index in [1.54, 1.807) is 39.9 Å². The van der Waals surface area contributed by atoms with Crippen molar-refractivity contribution in [1.82, 2.24) is 9.62 Å². The Labute approximate surface area is 165 Å². The highest BCUT2D eigenvalue weighted by Gasteiger charge is 2.29. The molecule has 1 N–H and O–H groups in total. The highest BCUT2D eigenvalue weighted by atomic mass is 32.2. The zero-order chi connectivity index (χ0) is 18.7. The van der Waals surface area contributed by atoms with Crippen LogP contribution in [0.2, 0.25) is 0 Å². The molecule has 1 aromatic carbocycles. The molecule has 2 aromatic rings. The van der Waals surface area contributed by atoms with Crippen LogP contribution in [0.4, 0.5) is 0 Å². The van der Waals surface area contributed by atoms with Gasteiger partial charge in [-0.2, -0.15) is 4.31 Å². The first-order valence-electron chi connectivity index (χ1n) is 9.63. The third-order valence-corrected chi connectivity index (χ3v) is 8.36. The summed E-state index contributed by atoms with van der Waals surface area (Å²) in [5.41, 5.74) is 1.08. The van der Waals surface area contributed by atoms with Gasteiger partial charge in [-0.25, -0.2) is 8.42 Å². The number of ether oxygens (including phenoxy) is 1. The van der Waals surface area contributed by atoms with Gasteiger partial charge in [0, 0.05) is 18.0 Å². The van der Waals surface area contributed by atoms with E-state index in [-0.39, 0.29) is 0 Å². The maximum atomic E-state index is 12.8. The first kappa shape index (κ1) is 18.9. The molecule has 7 heteroatoms. The molecule has 0 bridgehead atoms. The van der Waals surface area contributed by atoms with E-state index in [4.69, 9.17) is 4.74 Å². The molecule has 2 aliphatic rings. The second kappa shape index (κ2) is 8.31. The lowest BCUT2D eigenvalue weighted by molar-refractivity contribution is 0.302. The van der Waals surface area contributed by atoms with Crippen molar-refractivity contribution in [2.24, 2.45) is 5.92 Å². The molecule has 1 fully saturated rings. The number of fused-ring (bicyclic) bond motifs is 1. The molecule has 27 heavy (non-hydrogen) atoms. The molecule has 0 radical (unpaired) electrons. The van der Waals surface area contributed by atoms with Crippen LogP contribution in [-0.2, 0) is 23.0 Å². The minimum atomic E-state index is -3.43. The van der Waals surface area contributed by atoms with E-state index < -0.39 is 10.0 Å². The highest BCUT2D eigenvalue weighted by Crippen LogP contribution is 2.35. The molecule has 1 aromatic heterocycles. The first-order valence-corrected chi connectivity index (χ1v) is 11.9. The number of sulfonamides is 1. The molecule has 0 saturated carbocycles. The number of nitrogens with one attached hydrogen (secondary N) is 1. The third kappa shape index (κ3) is 4.37. The normalized spacial score (nSPS) is 20.5. The van der Waals surface area contributed by atoms with Crippen molar-refractivity contribution in [3.63, 3.8) is 0 Å². The molecule has 2 aliphatic heterocycles. The minimum absolute atomic E-state index is 0.363. The minimum Gasteiger partial charge on any atom is -0.484 e. The maximum Gasteiger partial charge on any atom is 0.243 e. The molecule has 1 saturated heterocycles. The summed E-state index contributed by atoms with van der Waals surface area (Å²) in [4.78, 5) is 1.62. The lowest BCUT2D eigenvalue weighted by Gasteiger charge is -2.26. The topological polar surface area (TPSA) is 58.6 Å². The van der Waals surface area contributed by atoms with E-state index in [1.807, 2.05) is 12.1 Å². The van der Waals surface area contributed by atoms with Gasteiger partial charge in [0.05, 0.1) is 11.5 Å². The number of thiophene rings is 1. The number of rotatable bonds is 7. The molecule has 146 valence electrons. The molecular formula is C20H26N2O3S2. The monoisotopic (exact) mass is 406 g/mol. The number of nitrogens with zero attached hydrogens (tertiary/aromatic N) is 1. The van der Waals surface area contributed by atoms with E-state index in [2.05, 4.69) is 5.32 Å². The van der Waals surface area contributed by atoms with Crippen LogP contribution in [0.1, 0.15) is 29.7 Å². The largest absolute Gasteiger partial charge is 0.484 e. The number of benzene rings is 1. The van der Waals surface area contributed by atoms with Gasteiger partial charge in [0.25, 0.3) is 0 Å². The van der Waals surface area contributed by atoms with Crippen LogP contribution in [0.15, 0.2) is 41.3 Å². The SMILES string of the molecule is O=S(=O)(c1ccccc1)N1CCc2sc(OCCCC3CCNC3)cc2C1. The average molecular weight is 407 g/mol. The Hall–Kier alpha value is -1.41. The molecule has 5 nitrogen and oxygen atoms in total. The van der Waals surface area contributed by atoms with Crippen LogP contribution in [-0.4, -0.2) is 39.0 Å². The van der Waals surface area contributed by atoms with Crippen molar-refractivity contribution in [1.29, 1.82) is 0 Å². The van der Waals surface area contributed by atoms with Crippen molar-refractivity contribution in [3.8, 4) is 5.06 Å². The Morgan fingerprint density at radius 2 is 2.11 bits per heavy atom. The Morgan fingerprint density at radius 3 is 2.89 bits per heavy atom. The van der Waals surface area contributed by atoms with Crippen LogP contribution in [0, 0.1) is 5.92 Å². The third-order valence-electron chi connectivity index (χ3n) is 5.35. The summed E-state index contributed by atoms with van der Waals surface area (Å²) in [7, 11) is -3.43. The van der Waals surface area contributed by atoms with Gasteiger partial charge in [0.2, 0.25) is 10.0 Å². The van der Waals surface area contributed by atoms with Gasteiger partial charge < -0.3 is 10.1 Å². The zero-order valence-corrected chi connectivity index (χ0v) is 17.0. The lowest BCUT2D eigenvalue weighted by atomic mass is 10.0. The summed E-state index contributed by atoms with van der Waals surface area (Å²) in [6.07, 6.45) is 4.31. The molecule has 1 unspecified atom stereocenters. The van der Waals surface area contributed by atoms with Gasteiger partial charge in [-0.1, -0.05) is 18.2 Å². The standard InChI is InChI=1S/C20H26N2O3S2/c23-27(24,18-6-2-1-3-7-18)22-11-9-19-17(15-22)13-20(26-19)25-12-4-5-16-8-10-21-14-16/h1-3,6-7,13,16,21H,4-5,8-12,14-15H2. The van der Waals surface area contributed by atoms with Crippen LogP contribution in [0.3, 0.4) is 0 Å². The molecule has 4 rings (SSSR count). The Kier molecular flexibility index (Phi) is 5.82. The van der Waals surface area contributed by atoms with Crippen LogP contribution in [0.5, 0.6) is 5.06 Å². The van der Waals surface area contributed by atoms with Gasteiger partial charge >= 0.3 is 0 Å². The number of hydrogen-bond donors (Lipinski definition) is 1. The van der Waals surface area contributed by atoms with Crippen molar-refractivity contribution in [2.75, 3.05) is 26.2 Å². The Balaban J connectivity index is 1.34. The van der Waals surface area contributed by atoms with E-state index >= 15 is 0 Å². The highest BCUT2D eigenvalue weighted by molar-refractivity contribution is 7.89. The quantitative estimate of drug-likeness (QED) is 0.717. The summed E-state index contributed by atoms with van der Waals surface area (Å²) >= 11 is 1.67. The fourth-order valence-electron chi connectivity index (χ4n) is 3.80. The summed E-state index contributed by atoms with van der Waals surface area (Å²) in [6.45, 7) is 3.98. The fraction of sp³-hybridized carbons (Fsp3) is 0.500. The molecule has 0 aliphatic carbocycles. The lowest BCUT2D eigenvalue weighted by Crippen LogP contribution is -2.35. The van der Waals surface area contributed by atoms with Crippen LogP contribution in [0.25, 0.3) is 0 Å². The van der Waals surface area contributed by atoms with Crippen LogP contribution >= 0.6 is 11.3 Å². The van der Waals surface area contributed by atoms with Gasteiger partial charge in [0.1, 0.15) is 0 Å². The second-order valence-corrected chi connectivity index (χ2v) is 10.3. The summed E-state index contributed by atoms with van der Waals surface area (Å²) in [6, 6.07) is 10.7. The van der Waals surface area contributed by atoms with Gasteiger partial charge in [0.15, 0.2) is 5.06 Å². The second-order valence-electron chi connectivity index (χ2n) is 7.27. The van der Waals surface area contributed by atoms with E-state index in [9.17, 15) is 8.42 Å². The Bertz CT molecular complexity index is 859. The molecule has 1 atom stereocenters. The van der Waals surface area contributed by atoms with Crippen molar-refractivity contribution in [3.05, 3.63) is 46.8 Å². The average Bonchev–Trinajstić information content (AvgIpc) is 3.34. The smallest absolute Gasteiger partial charge is 0.243 e. The van der Waals surface area contributed by atoms with Crippen molar-refractivity contribution < 1.29 is 13.2 Å². The van der Waals surface area contributed by atoms with Crippen molar-refractivity contribution in [2.45, 2.75) is 37.1 Å². The van der Waals surface area contributed by atoms with Crippen molar-refractivity contribution >= 4 is 21.4 Å². The van der Waals surface area contributed by atoms with Gasteiger partial charge in [-0.05, 0) is 68.5 Å². The number of hydrogen-bond acceptors (Lipinski definition) is 5. The van der Waals surface area contributed by atoms with E-state index in [0.29, 0.717) is 18.0 Å². The summed E-state index contributed by atoms with van der Waals surface area (Å²) in [5, 5.41) is 4.32. The molecule has 0 amide bonds.